The van der Waals surface area contributed by atoms with Gasteiger partial charge in [-0.15, -0.1) is 11.8 Å². The van der Waals surface area contributed by atoms with E-state index in [9.17, 15) is 61.9 Å². The van der Waals surface area contributed by atoms with Gasteiger partial charge in [-0.3, -0.25) is 57.7 Å². The van der Waals surface area contributed by atoms with E-state index in [1.165, 1.54) is 62.3 Å². The Morgan fingerprint density at radius 3 is 1.92 bits per heavy atom. The van der Waals surface area contributed by atoms with Gasteiger partial charge >= 0.3 is 12.1 Å². The number of nitrogens with zero attached hydrogens (tertiary/aromatic N) is 4. The number of urea groups is 1. The number of amides is 13. The zero-order chi connectivity index (χ0) is 79.0. The average Bonchev–Trinajstić information content (AvgIpc) is 1.60. The molecule has 106 heavy (non-hydrogen) atoms. The Hall–Kier alpha value is -8.00. The van der Waals surface area contributed by atoms with E-state index >= 15 is 0 Å². The molecule has 11 N–H and O–H groups in total. The van der Waals surface area contributed by atoms with E-state index in [1.54, 1.807) is 68.8 Å². The summed E-state index contributed by atoms with van der Waals surface area (Å²) < 4.78 is 38.0. The lowest BCUT2D eigenvalue weighted by Gasteiger charge is -2.40. The Labute approximate surface area is 628 Å². The van der Waals surface area contributed by atoms with Gasteiger partial charge in [0.1, 0.15) is 30.5 Å². The lowest BCUT2D eigenvalue weighted by molar-refractivity contribution is -0.148. The van der Waals surface area contributed by atoms with Gasteiger partial charge in [0, 0.05) is 78.7 Å². The molecule has 0 spiro atoms. The second-order valence-electron chi connectivity index (χ2n) is 30.1. The van der Waals surface area contributed by atoms with Crippen LogP contribution in [0.2, 0.25) is 0 Å². The molecule has 29 nitrogen and oxygen atoms in total. The normalized spacial score (nSPS) is 19.1. The number of ether oxygens (including phenoxy) is 4. The number of unbranched alkanes of at least 4 members (excludes halogenated alkanes) is 2. The molecule has 0 radical (unpaired) electrons. The van der Waals surface area contributed by atoms with Crippen molar-refractivity contribution in [3.8, 4) is 0 Å². The number of likely N-dealkylation sites (tertiary alicyclic amines) is 2. The Bertz CT molecular complexity index is 3300. The molecule has 592 valence electrons. The molecule has 2 aromatic carbocycles. The number of likely N-dealkylation sites (N-methyl/N-ethyl adjacent to an activating group) is 2. The predicted octanol–water partition coefficient (Wildman–Crippen LogP) is 5.27. The maximum absolute atomic E-state index is 14.7. The highest BCUT2D eigenvalue weighted by molar-refractivity contribution is 8.00. The van der Waals surface area contributed by atoms with Crippen molar-refractivity contribution in [1.29, 1.82) is 0 Å². The number of carbonyl (C=O) groups is 12. The highest BCUT2D eigenvalue weighted by Crippen LogP contribution is 2.52. The Morgan fingerprint density at radius 1 is 0.717 bits per heavy atom. The second-order valence-corrected chi connectivity index (χ2v) is 31.3. The number of hydrogen-bond acceptors (Lipinski definition) is 18. The van der Waals surface area contributed by atoms with E-state index in [2.05, 4.69) is 37.2 Å². The minimum Gasteiger partial charge on any atom is -0.445 e. The molecule has 1 aliphatic carbocycles. The first kappa shape index (κ1) is 88.6. The number of thioether (sulfide) groups is 1. The number of benzene rings is 2. The predicted molar refractivity (Wildman–Crippen MR) is 399 cm³/mol. The number of imide groups is 1. The third-order valence-corrected chi connectivity index (χ3v) is 21.7. The summed E-state index contributed by atoms with van der Waals surface area (Å²) in [6.07, 6.45) is 0.999. The van der Waals surface area contributed by atoms with Crippen LogP contribution >= 0.6 is 11.8 Å². The topological polar surface area (TPSA) is 391 Å². The van der Waals surface area contributed by atoms with Crippen LogP contribution < -0.4 is 48.7 Å². The van der Waals surface area contributed by atoms with Crippen molar-refractivity contribution in [3.63, 3.8) is 0 Å². The first-order valence-corrected chi connectivity index (χ1v) is 37.9. The van der Waals surface area contributed by atoms with Crippen LogP contribution in [0.25, 0.3) is 0 Å². The quantitative estimate of drug-likeness (QED) is 0.0301. The van der Waals surface area contributed by atoms with Crippen molar-refractivity contribution < 1.29 is 80.9 Å². The van der Waals surface area contributed by atoms with Crippen LogP contribution in [-0.2, 0) is 73.5 Å². The summed E-state index contributed by atoms with van der Waals surface area (Å²) in [5, 5.41) is 19.1. The fourth-order valence-corrected chi connectivity index (χ4v) is 15.5. The van der Waals surface area contributed by atoms with Crippen molar-refractivity contribution in [2.24, 2.45) is 46.5 Å². The number of halogens is 1. The number of anilines is 1. The fourth-order valence-electron chi connectivity index (χ4n) is 14.1. The number of alkyl carbamates (subject to hydrolysis) is 1. The van der Waals surface area contributed by atoms with Crippen LogP contribution in [0.4, 0.5) is 19.7 Å². The van der Waals surface area contributed by atoms with Crippen molar-refractivity contribution in [3.05, 3.63) is 65.5 Å². The smallest absolute Gasteiger partial charge is 0.408 e. The second kappa shape index (κ2) is 41.9. The van der Waals surface area contributed by atoms with Crippen molar-refractivity contribution in [2.45, 2.75) is 225 Å². The summed E-state index contributed by atoms with van der Waals surface area (Å²) in [6.45, 7) is 18.5. The molecule has 0 aromatic heterocycles. The summed E-state index contributed by atoms with van der Waals surface area (Å²) >= 11 is 1.40. The first-order valence-electron chi connectivity index (χ1n) is 36.8. The van der Waals surface area contributed by atoms with Gasteiger partial charge in [-0.2, -0.15) is 0 Å². The standard InChI is InChI=1S/C75H118FN13O16S/c1-42(2)61(83-58(91)22-18-17-19-34-88-60(93)37-56(71(88)98)106-41-75(31-32-75)38-57(77)90)69(96)82-53(21-20-33-79-73(78)100)68(95)81-51-29-23-48(24-30-51)40-105-74(101)85-63(49-25-27-50(76)28-26-49)47(10)80-67(94)46(9)66(104-16)54-35-52(102-14)39-89(54)59(92)36-55(103-15)64(44(5)6)87(13)72(99)62(43(3)4)84-70(97)65(45(7)8)86(11)12/h23-30,42-47,52-56,61-66H,17-22,31-41H2,1-16H3,(H2,77,90)(H,80,94)(H,81,95)(H,82,96)(H,83,91)(H,84,97)(H,85,101)(H3,78,79,100)/t46-,47-,52-,53?,54+,55-,56?,61+,62+,63?,64+,65+,66-/m1/s1. The molecule has 3 unspecified atom stereocenters. The van der Waals surface area contributed by atoms with E-state index in [0.29, 0.717) is 48.3 Å². The van der Waals surface area contributed by atoms with Gasteiger partial charge in [0.25, 0.3) is 0 Å². The molecule has 3 aliphatic rings. The molecule has 2 heterocycles. The molecule has 2 saturated heterocycles. The number of carbonyl (C=O) groups excluding carboxylic acids is 12. The Morgan fingerprint density at radius 2 is 1.37 bits per heavy atom. The Balaban J connectivity index is 1.18. The van der Waals surface area contributed by atoms with Crippen molar-refractivity contribution in [1.82, 2.24) is 51.5 Å². The van der Waals surface area contributed by atoms with E-state index in [0.717, 1.165) is 12.8 Å². The van der Waals surface area contributed by atoms with Crippen LogP contribution in [0.5, 0.6) is 0 Å². The average molecular weight is 1510 g/mol. The molecular weight excluding hydrogens is 1390 g/mol. The zero-order valence-electron chi connectivity index (χ0n) is 64.7. The van der Waals surface area contributed by atoms with Gasteiger partial charge in [-0.05, 0) is 130 Å². The van der Waals surface area contributed by atoms with Gasteiger partial charge in [0.15, 0.2) is 0 Å². The van der Waals surface area contributed by atoms with E-state index in [1.807, 2.05) is 60.5 Å². The largest absolute Gasteiger partial charge is 0.445 e. The molecule has 5 rings (SSSR count). The van der Waals surface area contributed by atoms with Crippen molar-refractivity contribution in [2.75, 3.05) is 73.2 Å². The molecule has 3 fully saturated rings. The summed E-state index contributed by atoms with van der Waals surface area (Å²) in [5.41, 5.74) is 11.7. The van der Waals surface area contributed by atoms with Crippen LogP contribution in [0.3, 0.4) is 0 Å². The van der Waals surface area contributed by atoms with Gasteiger partial charge in [-0.25, -0.2) is 14.0 Å². The monoisotopic (exact) mass is 1510 g/mol. The maximum Gasteiger partial charge on any atom is 0.408 e. The zero-order valence-corrected chi connectivity index (χ0v) is 65.5. The first-order chi connectivity index (χ1) is 50.0. The molecular formula is C75H118FN13O16S. The molecule has 13 amide bonds. The number of nitrogens with one attached hydrogen (secondary N) is 7. The highest BCUT2D eigenvalue weighted by atomic mass is 32.2. The number of hydrogen-bond donors (Lipinski definition) is 9. The number of primary amides is 2. The summed E-state index contributed by atoms with van der Waals surface area (Å²) in [5.74, 6) is -5.72. The van der Waals surface area contributed by atoms with Crippen LogP contribution in [-0.4, -0.2) is 225 Å². The lowest BCUT2D eigenvalue weighted by Crippen LogP contribution is -2.59. The molecule has 31 heteroatoms. The molecule has 0 bridgehead atoms. The molecule has 2 aliphatic heterocycles. The van der Waals surface area contributed by atoms with Gasteiger partial charge in [0.2, 0.25) is 59.1 Å². The number of methoxy groups -OCH3 is 3. The third-order valence-electron chi connectivity index (χ3n) is 20.2. The summed E-state index contributed by atoms with van der Waals surface area (Å²) in [6, 6.07) is 4.28. The maximum atomic E-state index is 14.7. The molecule has 2 aromatic rings. The SMILES string of the molecule is CO[C@@H]1C[C@@H]([C@H](OC)[C@@H](C)C(=O)N[C@H](C)C(NC(=O)OCc2ccc(NC(=O)C(CCCNC(N)=O)NC(=O)[C@@H](NC(=O)CCCCCN3C(=O)CC(SCC4(CC(N)=O)CC4)C3=O)C(C)C)cc2)c2ccc(F)cc2)N(C(=O)C[C@@H](OC)[C@H](C(C)C)N(C)C(=O)[C@@H](NC(=O)[C@H](C(C)C)N(C)C)C(C)C)C1. The van der Waals surface area contributed by atoms with Gasteiger partial charge in [0.05, 0.1) is 66.1 Å². The van der Waals surface area contributed by atoms with Crippen LogP contribution in [0.15, 0.2) is 48.5 Å². The Kier molecular flexibility index (Phi) is 35.1. The molecule has 1 saturated carbocycles. The fraction of sp³-hybridized carbons (Fsp3) is 0.680. The number of nitrogens with two attached hydrogens (primary N) is 2. The van der Waals surface area contributed by atoms with Gasteiger partial charge in [-0.1, -0.05) is 93.0 Å². The highest BCUT2D eigenvalue weighted by Gasteiger charge is 2.48. The third kappa shape index (κ3) is 26.2. The number of rotatable bonds is 44. The van der Waals surface area contributed by atoms with Gasteiger partial charge < -0.3 is 77.4 Å². The van der Waals surface area contributed by atoms with Crippen LogP contribution in [0, 0.1) is 40.8 Å². The van der Waals surface area contributed by atoms with E-state index in [4.69, 9.17) is 30.4 Å². The summed E-state index contributed by atoms with van der Waals surface area (Å²) in [7, 11) is 9.76. The minimum atomic E-state index is -1.15. The lowest BCUT2D eigenvalue weighted by atomic mass is 9.91. The minimum absolute atomic E-state index is 0.0280. The van der Waals surface area contributed by atoms with Crippen LogP contribution in [0.1, 0.15) is 163 Å². The van der Waals surface area contributed by atoms with E-state index < -0.39 is 125 Å². The summed E-state index contributed by atoms with van der Waals surface area (Å²) in [4.78, 5) is 167. The van der Waals surface area contributed by atoms with E-state index in [-0.39, 0.29) is 123 Å². The molecule has 13 atom stereocenters. The van der Waals surface area contributed by atoms with Crippen molar-refractivity contribution >= 4 is 88.6 Å².